The van der Waals surface area contributed by atoms with E-state index in [2.05, 4.69) is 10.3 Å². The highest BCUT2D eigenvalue weighted by molar-refractivity contribution is 7.93. The number of methoxy groups -OCH3 is 2. The Morgan fingerprint density at radius 2 is 1.77 bits per heavy atom. The minimum atomic E-state index is -4.69. The van der Waals surface area contributed by atoms with Crippen LogP contribution in [0.2, 0.25) is 5.02 Å². The number of likely N-dealkylation sites (N-methyl/N-ethyl adjacent to an activating group) is 2. The fraction of sp³-hybridized carbons (Fsp3) is 0.267. The molecule has 0 bridgehead atoms. The van der Waals surface area contributed by atoms with Crippen LogP contribution in [0.1, 0.15) is 11.1 Å². The van der Waals surface area contributed by atoms with Gasteiger partial charge in [-0.2, -0.15) is 13.2 Å². The van der Waals surface area contributed by atoms with Crippen molar-refractivity contribution in [3.8, 4) is 11.5 Å². The van der Waals surface area contributed by atoms with E-state index < -0.39 is 38.6 Å². The van der Waals surface area contributed by atoms with Crippen molar-refractivity contribution in [2.75, 3.05) is 55.9 Å². The zero-order valence-corrected chi connectivity index (χ0v) is 28.3. The largest absolute Gasteiger partial charge is 0.497 e. The van der Waals surface area contributed by atoms with Crippen LogP contribution in [0.3, 0.4) is 0 Å². The number of anilines is 4. The molecule has 0 fully saturated rings. The predicted octanol–water partition coefficient (Wildman–Crippen LogP) is 7.16. The first-order valence-electron chi connectivity index (χ1n) is 13.8. The maximum Gasteiger partial charge on any atom is 0.416 e. The van der Waals surface area contributed by atoms with Gasteiger partial charge in [-0.05, 0) is 36.4 Å². The molecule has 1 heterocycles. The molecule has 0 aliphatic carbocycles. The number of alkyl halides is 3. The Morgan fingerprint density at radius 1 is 1.04 bits per heavy atom. The number of rotatable bonds is 13. The number of aromatic nitrogens is 1. The second kappa shape index (κ2) is 14.7. The Hall–Kier alpha value is -4.48. The smallest absolute Gasteiger partial charge is 0.416 e. The number of thiazole rings is 1. The number of hydrogen-bond acceptors (Lipinski definition) is 9. The summed E-state index contributed by atoms with van der Waals surface area (Å²) in [5, 5.41) is 13.3. The van der Waals surface area contributed by atoms with Crippen molar-refractivity contribution in [2.24, 2.45) is 0 Å². The molecule has 2 N–H and O–H groups in total. The van der Waals surface area contributed by atoms with Crippen LogP contribution in [-0.4, -0.2) is 70.9 Å². The van der Waals surface area contributed by atoms with Crippen LogP contribution in [0.25, 0.3) is 0 Å². The first kappa shape index (κ1) is 36.4. The third-order valence-corrected chi connectivity index (χ3v) is 10.1. The lowest BCUT2D eigenvalue weighted by Crippen LogP contribution is -2.34. The van der Waals surface area contributed by atoms with Gasteiger partial charge >= 0.3 is 12.3 Å². The van der Waals surface area contributed by atoms with Crippen molar-refractivity contribution in [3.05, 3.63) is 82.1 Å². The summed E-state index contributed by atoms with van der Waals surface area (Å²) in [6, 6.07) is 9.27. The fourth-order valence-corrected chi connectivity index (χ4v) is 7.08. The van der Waals surface area contributed by atoms with Crippen molar-refractivity contribution in [3.63, 3.8) is 0 Å². The lowest BCUT2D eigenvalue weighted by atomic mass is 10.1. The normalized spacial score (nSPS) is 11.6. The van der Waals surface area contributed by atoms with Crippen LogP contribution >= 0.6 is 22.9 Å². The Bertz CT molecular complexity index is 1880. The molecule has 0 atom stereocenters. The average molecular weight is 732 g/mol. The molecule has 0 saturated carbocycles. The van der Waals surface area contributed by atoms with E-state index >= 15 is 4.39 Å². The van der Waals surface area contributed by atoms with Gasteiger partial charge in [-0.25, -0.2) is 26.9 Å². The van der Waals surface area contributed by atoms with Crippen LogP contribution in [0.4, 0.5) is 44.5 Å². The Morgan fingerprint density at radius 3 is 2.38 bits per heavy atom. The summed E-state index contributed by atoms with van der Waals surface area (Å²) in [5.74, 6) is -0.415. The van der Waals surface area contributed by atoms with Gasteiger partial charge in [-0.15, -0.1) is 11.3 Å². The van der Waals surface area contributed by atoms with E-state index in [1.54, 1.807) is 23.6 Å². The zero-order valence-electron chi connectivity index (χ0n) is 25.9. The van der Waals surface area contributed by atoms with Crippen LogP contribution < -0.4 is 24.0 Å². The Kier molecular flexibility index (Phi) is 11.2. The summed E-state index contributed by atoms with van der Waals surface area (Å²) in [4.78, 5) is 16.9. The maximum atomic E-state index is 15.8. The lowest BCUT2D eigenvalue weighted by Gasteiger charge is -2.26. The molecule has 0 aliphatic rings. The molecule has 0 saturated heterocycles. The molecule has 18 heteroatoms. The standard InChI is InChI=1S/C30H30ClF4N5O6S2/c1-38(10-11-39(2)29(41)42)25-13-19(30(33,34)35)6-8-23(25)37-24-16-22(32)27(15-21(24)31)48(43,44)40(28-36-9-12-47-28)17-18-5-7-20(45-3)14-26(18)46-4/h5-9,12-16,37H,10-11,17H2,1-4H3,(H,41,42). The molecule has 1 amide bonds. The van der Waals surface area contributed by atoms with Gasteiger partial charge in [-0.1, -0.05) is 11.6 Å². The van der Waals surface area contributed by atoms with Crippen LogP contribution in [0, 0.1) is 5.82 Å². The van der Waals surface area contributed by atoms with Gasteiger partial charge in [0.05, 0.1) is 48.4 Å². The fourth-order valence-electron chi connectivity index (χ4n) is 4.46. The van der Waals surface area contributed by atoms with E-state index in [-0.39, 0.29) is 46.9 Å². The number of carboxylic acid groups (broad SMARTS) is 1. The van der Waals surface area contributed by atoms with Crippen LogP contribution in [-0.2, 0) is 22.7 Å². The summed E-state index contributed by atoms with van der Waals surface area (Å²) in [6.07, 6.45) is -4.52. The molecule has 0 radical (unpaired) electrons. The van der Waals surface area contributed by atoms with Crippen molar-refractivity contribution in [2.45, 2.75) is 17.6 Å². The molecule has 0 aliphatic heterocycles. The summed E-state index contributed by atoms with van der Waals surface area (Å²) in [7, 11) is 0.980. The first-order chi connectivity index (χ1) is 22.6. The topological polar surface area (TPSA) is 125 Å². The lowest BCUT2D eigenvalue weighted by molar-refractivity contribution is -0.137. The van der Waals surface area contributed by atoms with Gasteiger partial charge in [0, 0.05) is 56.5 Å². The molecule has 258 valence electrons. The molecule has 11 nitrogen and oxygen atoms in total. The number of sulfonamides is 1. The molecule has 0 unspecified atom stereocenters. The van der Waals surface area contributed by atoms with E-state index in [9.17, 15) is 26.4 Å². The highest BCUT2D eigenvalue weighted by Gasteiger charge is 2.33. The van der Waals surface area contributed by atoms with E-state index in [4.69, 9.17) is 26.2 Å². The van der Waals surface area contributed by atoms with E-state index in [1.807, 2.05) is 0 Å². The summed E-state index contributed by atoms with van der Waals surface area (Å²) >= 11 is 7.48. The summed E-state index contributed by atoms with van der Waals surface area (Å²) in [5.41, 5.74) is -0.620. The summed E-state index contributed by atoms with van der Waals surface area (Å²) < 4.78 is 96.1. The highest BCUT2D eigenvalue weighted by atomic mass is 35.5. The van der Waals surface area contributed by atoms with Crippen molar-refractivity contribution in [1.82, 2.24) is 9.88 Å². The number of nitrogens with zero attached hydrogens (tertiary/aromatic N) is 4. The second-order valence-corrected chi connectivity index (χ2v) is 13.4. The number of halogens is 5. The van der Waals surface area contributed by atoms with Gasteiger partial charge in [0.1, 0.15) is 22.2 Å². The minimum absolute atomic E-state index is 0.000158. The number of ether oxygens (including phenoxy) is 2. The number of carbonyl (C=O) groups is 1. The quantitative estimate of drug-likeness (QED) is 0.138. The highest BCUT2D eigenvalue weighted by Crippen LogP contribution is 2.40. The van der Waals surface area contributed by atoms with Gasteiger partial charge in [0.15, 0.2) is 5.13 Å². The number of amides is 1. The van der Waals surface area contributed by atoms with Gasteiger partial charge in [0.2, 0.25) is 0 Å². The first-order valence-corrected chi connectivity index (χ1v) is 16.5. The molecule has 4 aromatic rings. The molecule has 1 aromatic heterocycles. The molecular formula is C30H30ClF4N5O6S2. The Balaban J connectivity index is 1.71. The third-order valence-electron chi connectivity index (χ3n) is 7.13. The van der Waals surface area contributed by atoms with Gasteiger partial charge in [0.25, 0.3) is 10.0 Å². The number of hydrogen-bond donors (Lipinski definition) is 2. The number of benzene rings is 3. The minimum Gasteiger partial charge on any atom is -0.497 e. The van der Waals surface area contributed by atoms with Crippen molar-refractivity contribution in [1.29, 1.82) is 0 Å². The zero-order chi connectivity index (χ0) is 35.4. The molecule has 0 spiro atoms. The Labute approximate surface area is 282 Å². The van der Waals surface area contributed by atoms with Crippen molar-refractivity contribution >= 4 is 61.2 Å². The van der Waals surface area contributed by atoms with Crippen LogP contribution in [0.15, 0.2) is 65.0 Å². The molecule has 3 aromatic carbocycles. The van der Waals surface area contributed by atoms with Crippen LogP contribution in [0.5, 0.6) is 11.5 Å². The van der Waals surface area contributed by atoms with E-state index in [1.165, 1.54) is 39.4 Å². The van der Waals surface area contributed by atoms with Gasteiger partial charge in [-0.3, -0.25) is 0 Å². The maximum absolute atomic E-state index is 15.8. The van der Waals surface area contributed by atoms with E-state index in [0.29, 0.717) is 17.1 Å². The number of nitrogens with one attached hydrogen (secondary N) is 1. The monoisotopic (exact) mass is 731 g/mol. The van der Waals surface area contributed by atoms with Gasteiger partial charge < -0.3 is 29.7 Å². The van der Waals surface area contributed by atoms with Crippen molar-refractivity contribution < 1.29 is 45.4 Å². The third kappa shape index (κ3) is 8.14. The summed E-state index contributed by atoms with van der Waals surface area (Å²) in [6.45, 7) is -0.330. The predicted molar refractivity (Wildman–Crippen MR) is 175 cm³/mol. The SMILES string of the molecule is COc1ccc(CN(c2nccs2)S(=O)(=O)c2cc(Cl)c(Nc3ccc(C(F)(F)F)cc3N(C)CCN(C)C(=O)O)cc2F)c(OC)c1. The molecule has 48 heavy (non-hydrogen) atoms. The molecular weight excluding hydrogens is 702 g/mol. The second-order valence-electron chi connectivity index (χ2n) is 10.2. The van der Waals surface area contributed by atoms with E-state index in [0.717, 1.165) is 50.9 Å². The molecule has 4 rings (SSSR count). The average Bonchev–Trinajstić information content (AvgIpc) is 3.57.